The highest BCUT2D eigenvalue weighted by Crippen LogP contribution is 2.48. The molecule has 0 heterocycles. The van der Waals surface area contributed by atoms with Crippen molar-refractivity contribution in [3.63, 3.8) is 0 Å². The van der Waals surface area contributed by atoms with E-state index in [9.17, 15) is 4.79 Å². The van der Waals surface area contributed by atoms with Gasteiger partial charge < -0.3 is 11.1 Å². The van der Waals surface area contributed by atoms with Crippen molar-refractivity contribution in [1.82, 2.24) is 5.32 Å². The molecule has 3 nitrogen and oxygen atoms in total. The summed E-state index contributed by atoms with van der Waals surface area (Å²) < 4.78 is 0. The molecule has 3 rings (SSSR count). The summed E-state index contributed by atoms with van der Waals surface area (Å²) in [5, 5.41) is 3.23. The van der Waals surface area contributed by atoms with Crippen molar-refractivity contribution >= 4 is 5.91 Å². The van der Waals surface area contributed by atoms with Crippen molar-refractivity contribution in [2.75, 3.05) is 0 Å². The SMILES string of the molecule is N[C@@H]1CCCC[C@@H]1NC(=O)[C@H]1C[C@H]2CC[C@H]1C2. The van der Waals surface area contributed by atoms with Crippen molar-refractivity contribution in [3.8, 4) is 0 Å². The minimum absolute atomic E-state index is 0.186. The molecule has 0 aromatic rings. The molecule has 1 amide bonds. The lowest BCUT2D eigenvalue weighted by atomic mass is 9.86. The summed E-state index contributed by atoms with van der Waals surface area (Å²) in [4.78, 5) is 12.3. The number of carbonyl (C=O) groups is 1. The second kappa shape index (κ2) is 4.60. The molecule has 3 heteroatoms. The summed E-state index contributed by atoms with van der Waals surface area (Å²) in [5.41, 5.74) is 6.09. The summed E-state index contributed by atoms with van der Waals surface area (Å²) in [7, 11) is 0. The summed E-state index contributed by atoms with van der Waals surface area (Å²) >= 11 is 0. The van der Waals surface area contributed by atoms with E-state index in [0.29, 0.717) is 17.7 Å². The first-order chi connectivity index (χ1) is 8.24. The average molecular weight is 236 g/mol. The van der Waals surface area contributed by atoms with Gasteiger partial charge in [0.2, 0.25) is 5.91 Å². The molecule has 0 saturated heterocycles. The molecule has 0 aromatic heterocycles. The molecule has 3 saturated carbocycles. The van der Waals surface area contributed by atoms with E-state index in [1.54, 1.807) is 0 Å². The maximum Gasteiger partial charge on any atom is 0.223 e. The zero-order chi connectivity index (χ0) is 11.8. The fourth-order valence-corrected chi connectivity index (χ4v) is 4.19. The van der Waals surface area contributed by atoms with E-state index in [0.717, 1.165) is 25.2 Å². The van der Waals surface area contributed by atoms with Crippen LogP contribution in [0.15, 0.2) is 0 Å². The van der Waals surface area contributed by atoms with Gasteiger partial charge in [-0.05, 0) is 43.9 Å². The van der Waals surface area contributed by atoms with E-state index in [1.807, 2.05) is 0 Å². The Morgan fingerprint density at radius 3 is 2.53 bits per heavy atom. The van der Waals surface area contributed by atoms with Crippen LogP contribution in [0, 0.1) is 17.8 Å². The third-order valence-corrected chi connectivity index (χ3v) is 5.22. The Morgan fingerprint density at radius 1 is 1.06 bits per heavy atom. The topological polar surface area (TPSA) is 55.1 Å². The van der Waals surface area contributed by atoms with Gasteiger partial charge in [-0.3, -0.25) is 4.79 Å². The van der Waals surface area contributed by atoms with Gasteiger partial charge >= 0.3 is 0 Å². The van der Waals surface area contributed by atoms with Crippen LogP contribution in [0.3, 0.4) is 0 Å². The minimum atomic E-state index is 0.186. The van der Waals surface area contributed by atoms with Crippen molar-refractivity contribution < 1.29 is 4.79 Å². The van der Waals surface area contributed by atoms with Crippen LogP contribution >= 0.6 is 0 Å². The normalized spacial score (nSPS) is 44.9. The van der Waals surface area contributed by atoms with Gasteiger partial charge in [0, 0.05) is 18.0 Å². The van der Waals surface area contributed by atoms with Gasteiger partial charge in [-0.25, -0.2) is 0 Å². The van der Waals surface area contributed by atoms with Crippen LogP contribution in [-0.2, 0) is 4.79 Å². The van der Waals surface area contributed by atoms with E-state index < -0.39 is 0 Å². The van der Waals surface area contributed by atoms with E-state index in [-0.39, 0.29) is 12.1 Å². The highest BCUT2D eigenvalue weighted by molar-refractivity contribution is 5.79. The fraction of sp³-hybridized carbons (Fsp3) is 0.929. The van der Waals surface area contributed by atoms with Gasteiger partial charge in [-0.2, -0.15) is 0 Å². The lowest BCUT2D eigenvalue weighted by molar-refractivity contribution is -0.127. The second-order valence-electron chi connectivity index (χ2n) is 6.34. The molecule has 3 aliphatic rings. The van der Waals surface area contributed by atoms with Gasteiger partial charge in [0.15, 0.2) is 0 Å². The highest BCUT2D eigenvalue weighted by atomic mass is 16.2. The fourth-order valence-electron chi connectivity index (χ4n) is 4.19. The van der Waals surface area contributed by atoms with Crippen LogP contribution in [0.2, 0.25) is 0 Å². The van der Waals surface area contributed by atoms with Gasteiger partial charge in [-0.15, -0.1) is 0 Å². The predicted molar refractivity (Wildman–Crippen MR) is 67.3 cm³/mol. The zero-order valence-electron chi connectivity index (χ0n) is 10.5. The van der Waals surface area contributed by atoms with Gasteiger partial charge in [0.25, 0.3) is 0 Å². The Labute approximate surface area is 104 Å². The summed E-state index contributed by atoms with van der Waals surface area (Å²) in [6, 6.07) is 0.432. The van der Waals surface area contributed by atoms with Crippen LogP contribution in [0.5, 0.6) is 0 Å². The second-order valence-corrected chi connectivity index (χ2v) is 6.34. The Morgan fingerprint density at radius 2 is 1.88 bits per heavy atom. The monoisotopic (exact) mass is 236 g/mol. The number of nitrogens with one attached hydrogen (secondary N) is 1. The number of fused-ring (bicyclic) bond motifs is 2. The first-order valence-corrected chi connectivity index (χ1v) is 7.30. The summed E-state index contributed by atoms with van der Waals surface area (Å²) in [6.45, 7) is 0. The first-order valence-electron chi connectivity index (χ1n) is 7.30. The number of carbonyl (C=O) groups excluding carboxylic acids is 1. The Hall–Kier alpha value is -0.570. The van der Waals surface area contributed by atoms with Crippen molar-refractivity contribution in [3.05, 3.63) is 0 Å². The Bertz CT molecular complexity index is 305. The first kappa shape index (κ1) is 11.5. The molecule has 3 fully saturated rings. The number of hydrogen-bond donors (Lipinski definition) is 2. The van der Waals surface area contributed by atoms with Crippen molar-refractivity contribution in [2.45, 2.75) is 63.5 Å². The maximum absolute atomic E-state index is 12.3. The smallest absolute Gasteiger partial charge is 0.223 e. The molecular formula is C14H24N2O. The van der Waals surface area contributed by atoms with Crippen LogP contribution in [0.25, 0.3) is 0 Å². The van der Waals surface area contributed by atoms with Gasteiger partial charge in [0.05, 0.1) is 0 Å². The molecule has 3 aliphatic carbocycles. The average Bonchev–Trinajstić information content (AvgIpc) is 2.94. The number of hydrogen-bond acceptors (Lipinski definition) is 2. The third kappa shape index (κ3) is 2.22. The molecule has 96 valence electrons. The molecule has 0 aromatic carbocycles. The third-order valence-electron chi connectivity index (χ3n) is 5.22. The van der Waals surface area contributed by atoms with E-state index in [1.165, 1.54) is 32.1 Å². The van der Waals surface area contributed by atoms with Crippen LogP contribution in [0.4, 0.5) is 0 Å². The van der Waals surface area contributed by atoms with Gasteiger partial charge in [-0.1, -0.05) is 19.3 Å². The molecule has 0 aliphatic heterocycles. The summed E-state index contributed by atoms with van der Waals surface area (Å²) in [5.74, 6) is 2.14. The Balaban J connectivity index is 1.56. The minimum Gasteiger partial charge on any atom is -0.352 e. The quantitative estimate of drug-likeness (QED) is 0.768. The van der Waals surface area contributed by atoms with Crippen LogP contribution < -0.4 is 11.1 Å². The largest absolute Gasteiger partial charge is 0.352 e. The molecule has 2 bridgehead atoms. The van der Waals surface area contributed by atoms with E-state index >= 15 is 0 Å². The molecule has 17 heavy (non-hydrogen) atoms. The molecular weight excluding hydrogens is 212 g/mol. The molecule has 0 spiro atoms. The van der Waals surface area contributed by atoms with Gasteiger partial charge in [0.1, 0.15) is 0 Å². The van der Waals surface area contributed by atoms with E-state index in [2.05, 4.69) is 5.32 Å². The lowest BCUT2D eigenvalue weighted by Crippen LogP contribution is -2.51. The molecule has 3 N–H and O–H groups in total. The van der Waals surface area contributed by atoms with Crippen LogP contribution in [0.1, 0.15) is 51.4 Å². The van der Waals surface area contributed by atoms with Crippen molar-refractivity contribution in [2.24, 2.45) is 23.5 Å². The standard InChI is InChI=1S/C14H24N2O/c15-12-3-1-2-4-13(12)16-14(17)11-8-9-5-6-10(11)7-9/h9-13H,1-8,15H2,(H,16,17)/t9-,10-,11-,12+,13-/m0/s1. The number of rotatable bonds is 2. The summed E-state index contributed by atoms with van der Waals surface area (Å²) in [6.07, 6.45) is 9.66. The Kier molecular flexibility index (Phi) is 3.12. The van der Waals surface area contributed by atoms with E-state index in [4.69, 9.17) is 5.73 Å². The molecule has 0 radical (unpaired) electrons. The molecule has 0 unspecified atom stereocenters. The maximum atomic E-state index is 12.3. The predicted octanol–water partition coefficient (Wildman–Crippen LogP) is 1.81. The molecule has 5 atom stereocenters. The number of amides is 1. The zero-order valence-corrected chi connectivity index (χ0v) is 10.5. The number of nitrogens with two attached hydrogens (primary N) is 1. The highest BCUT2D eigenvalue weighted by Gasteiger charge is 2.43. The van der Waals surface area contributed by atoms with Crippen molar-refractivity contribution in [1.29, 1.82) is 0 Å². The van der Waals surface area contributed by atoms with Crippen LogP contribution in [-0.4, -0.2) is 18.0 Å². The lowest BCUT2D eigenvalue weighted by Gasteiger charge is -2.31.